The Morgan fingerprint density at radius 2 is 1.77 bits per heavy atom. The molecule has 1 aliphatic rings. The van der Waals surface area contributed by atoms with Crippen LogP contribution in [0.25, 0.3) is 0 Å². The van der Waals surface area contributed by atoms with Gasteiger partial charge in [-0.05, 0) is 42.3 Å². The summed E-state index contributed by atoms with van der Waals surface area (Å²) in [6, 6.07) is 11.2. The largest absolute Gasteiger partial charge is 0.495 e. The molecule has 1 aliphatic heterocycles. The number of para-hydroxylation sites is 2. The fourth-order valence-electron chi connectivity index (χ4n) is 3.43. The molecule has 0 unspecified atom stereocenters. The fourth-order valence-corrected chi connectivity index (χ4v) is 5.24. The molecule has 0 spiro atoms. The average molecular weight is 468 g/mol. The van der Waals surface area contributed by atoms with Gasteiger partial charge in [-0.2, -0.15) is 0 Å². The first-order chi connectivity index (χ1) is 14.5. The van der Waals surface area contributed by atoms with Crippen LogP contribution in [0.15, 0.2) is 47.4 Å². The Morgan fingerprint density at radius 1 is 1.10 bits per heavy atom. The standard InChI is InChI=1S/C20H25N3O6S2/c1-21(2)31(27,28)16-9-10-17-15(13-16)11-12-22(17)20(24)14-23(30(4,25)26)18-7-5-6-8-19(18)29-3/h5-10,13H,11-12,14H2,1-4H3. The third kappa shape index (κ3) is 4.53. The Balaban J connectivity index is 1.91. The van der Waals surface area contributed by atoms with Crippen LogP contribution in [-0.2, 0) is 31.3 Å². The van der Waals surface area contributed by atoms with E-state index in [1.54, 1.807) is 36.4 Å². The van der Waals surface area contributed by atoms with Crippen molar-refractivity contribution in [2.24, 2.45) is 0 Å². The first-order valence-electron chi connectivity index (χ1n) is 9.43. The van der Waals surface area contributed by atoms with Crippen molar-refractivity contribution in [3.8, 4) is 5.75 Å². The number of benzene rings is 2. The molecule has 31 heavy (non-hydrogen) atoms. The molecule has 0 bridgehead atoms. The highest BCUT2D eigenvalue weighted by Gasteiger charge is 2.31. The predicted molar refractivity (Wildman–Crippen MR) is 119 cm³/mol. The Kier molecular flexibility index (Phi) is 6.30. The molecule has 0 fully saturated rings. The number of sulfonamides is 2. The van der Waals surface area contributed by atoms with Crippen molar-refractivity contribution in [3.63, 3.8) is 0 Å². The number of hydrogen-bond acceptors (Lipinski definition) is 6. The first kappa shape index (κ1) is 23.0. The van der Waals surface area contributed by atoms with Gasteiger partial charge in [0.05, 0.1) is 23.9 Å². The molecule has 0 atom stereocenters. The zero-order valence-electron chi connectivity index (χ0n) is 17.8. The molecule has 0 aromatic heterocycles. The minimum atomic E-state index is -3.77. The van der Waals surface area contributed by atoms with Gasteiger partial charge in [-0.25, -0.2) is 21.1 Å². The van der Waals surface area contributed by atoms with E-state index in [1.807, 2.05) is 0 Å². The number of rotatable bonds is 7. The van der Waals surface area contributed by atoms with Crippen LogP contribution in [0.5, 0.6) is 5.75 Å². The van der Waals surface area contributed by atoms with Gasteiger partial charge in [-0.15, -0.1) is 0 Å². The normalized spacial score (nSPS) is 13.9. The molecule has 0 saturated carbocycles. The van der Waals surface area contributed by atoms with E-state index >= 15 is 0 Å². The fraction of sp³-hybridized carbons (Fsp3) is 0.350. The number of amides is 1. The number of carbonyl (C=O) groups excluding carboxylic acids is 1. The molecule has 11 heteroatoms. The molecule has 168 valence electrons. The lowest BCUT2D eigenvalue weighted by Gasteiger charge is -2.26. The SMILES string of the molecule is COc1ccccc1N(CC(=O)N1CCc2cc(S(=O)(=O)N(C)C)ccc21)S(C)(=O)=O. The molecule has 2 aromatic rings. The zero-order valence-corrected chi connectivity index (χ0v) is 19.4. The van der Waals surface area contributed by atoms with Crippen molar-refractivity contribution >= 4 is 37.3 Å². The van der Waals surface area contributed by atoms with E-state index in [2.05, 4.69) is 0 Å². The Labute approximate surface area is 182 Å². The highest BCUT2D eigenvalue weighted by Crippen LogP contribution is 2.33. The Morgan fingerprint density at radius 3 is 2.39 bits per heavy atom. The van der Waals surface area contributed by atoms with E-state index in [9.17, 15) is 21.6 Å². The molecule has 3 rings (SSSR count). The van der Waals surface area contributed by atoms with Crippen molar-refractivity contribution in [3.05, 3.63) is 48.0 Å². The molecule has 0 radical (unpaired) electrons. The van der Waals surface area contributed by atoms with Gasteiger partial charge in [0.2, 0.25) is 26.0 Å². The summed E-state index contributed by atoms with van der Waals surface area (Å²) in [5.74, 6) is -0.0839. The van der Waals surface area contributed by atoms with E-state index < -0.39 is 32.5 Å². The van der Waals surface area contributed by atoms with Crippen LogP contribution in [0.1, 0.15) is 5.56 Å². The lowest BCUT2D eigenvalue weighted by Crippen LogP contribution is -2.42. The Hall–Kier alpha value is -2.63. The topological polar surface area (TPSA) is 104 Å². The second-order valence-corrected chi connectivity index (χ2v) is 11.4. The van der Waals surface area contributed by atoms with Gasteiger partial charge in [-0.1, -0.05) is 12.1 Å². The van der Waals surface area contributed by atoms with Crippen molar-refractivity contribution in [2.45, 2.75) is 11.3 Å². The molecule has 1 heterocycles. The molecule has 0 aliphatic carbocycles. The van der Waals surface area contributed by atoms with E-state index in [-0.39, 0.29) is 10.6 Å². The van der Waals surface area contributed by atoms with Crippen molar-refractivity contribution in [2.75, 3.05) is 49.8 Å². The number of hydrogen-bond donors (Lipinski definition) is 0. The number of carbonyl (C=O) groups is 1. The zero-order chi connectivity index (χ0) is 23.0. The van der Waals surface area contributed by atoms with Crippen LogP contribution in [0.2, 0.25) is 0 Å². The number of anilines is 2. The highest BCUT2D eigenvalue weighted by molar-refractivity contribution is 7.92. The maximum absolute atomic E-state index is 13.1. The maximum atomic E-state index is 13.1. The summed E-state index contributed by atoms with van der Waals surface area (Å²) in [7, 11) is -3.02. The smallest absolute Gasteiger partial charge is 0.247 e. The molecule has 1 amide bonds. The molecule has 2 aromatic carbocycles. The van der Waals surface area contributed by atoms with Crippen LogP contribution < -0.4 is 13.9 Å². The average Bonchev–Trinajstić information content (AvgIpc) is 3.14. The second kappa shape index (κ2) is 8.48. The van der Waals surface area contributed by atoms with Crippen LogP contribution in [0.3, 0.4) is 0 Å². The maximum Gasteiger partial charge on any atom is 0.247 e. The summed E-state index contributed by atoms with van der Waals surface area (Å²) in [5, 5.41) is 0. The van der Waals surface area contributed by atoms with Crippen LogP contribution in [0.4, 0.5) is 11.4 Å². The van der Waals surface area contributed by atoms with Gasteiger partial charge in [-0.3, -0.25) is 9.10 Å². The summed E-state index contributed by atoms with van der Waals surface area (Å²) < 4.78 is 57.0. The third-order valence-electron chi connectivity index (χ3n) is 5.06. The third-order valence-corrected chi connectivity index (χ3v) is 8.00. The summed E-state index contributed by atoms with van der Waals surface area (Å²) in [4.78, 5) is 14.7. The van der Waals surface area contributed by atoms with Gasteiger partial charge >= 0.3 is 0 Å². The highest BCUT2D eigenvalue weighted by atomic mass is 32.2. The summed E-state index contributed by atoms with van der Waals surface area (Å²) in [6.07, 6.45) is 1.51. The minimum Gasteiger partial charge on any atom is -0.495 e. The quantitative estimate of drug-likeness (QED) is 0.608. The number of fused-ring (bicyclic) bond motifs is 1. The van der Waals surface area contributed by atoms with E-state index in [4.69, 9.17) is 4.74 Å². The van der Waals surface area contributed by atoms with E-state index in [0.717, 1.165) is 20.4 Å². The number of ether oxygens (including phenoxy) is 1. The molecule has 0 saturated heterocycles. The summed E-state index contributed by atoms with van der Waals surface area (Å²) in [6.45, 7) is -0.0699. The number of nitrogens with zero attached hydrogens (tertiary/aromatic N) is 3. The molecular weight excluding hydrogens is 442 g/mol. The van der Waals surface area contributed by atoms with Gasteiger partial charge in [0.1, 0.15) is 12.3 Å². The molecule has 0 N–H and O–H groups in total. The summed E-state index contributed by atoms with van der Waals surface area (Å²) >= 11 is 0. The monoisotopic (exact) mass is 467 g/mol. The predicted octanol–water partition coefficient (Wildman–Crippen LogP) is 1.30. The first-order valence-corrected chi connectivity index (χ1v) is 12.7. The Bertz CT molecular complexity index is 1210. The minimum absolute atomic E-state index is 0.150. The van der Waals surface area contributed by atoms with Crippen molar-refractivity contribution in [1.82, 2.24) is 4.31 Å². The molecular formula is C20H25N3O6S2. The van der Waals surface area contributed by atoms with Crippen LogP contribution in [0, 0.1) is 0 Å². The van der Waals surface area contributed by atoms with Gasteiger partial charge < -0.3 is 9.64 Å². The molecule has 9 nitrogen and oxygen atoms in total. The lowest BCUT2D eigenvalue weighted by molar-refractivity contribution is -0.117. The van der Waals surface area contributed by atoms with Crippen molar-refractivity contribution in [1.29, 1.82) is 0 Å². The summed E-state index contributed by atoms with van der Waals surface area (Å²) in [5.41, 5.74) is 1.57. The van der Waals surface area contributed by atoms with Gasteiger partial charge in [0.25, 0.3) is 0 Å². The van der Waals surface area contributed by atoms with Crippen LogP contribution in [-0.4, -0.2) is 67.6 Å². The van der Waals surface area contributed by atoms with E-state index in [1.165, 1.54) is 32.2 Å². The van der Waals surface area contributed by atoms with Crippen LogP contribution >= 0.6 is 0 Å². The van der Waals surface area contributed by atoms with Gasteiger partial charge in [0.15, 0.2) is 0 Å². The van der Waals surface area contributed by atoms with E-state index in [0.29, 0.717) is 24.4 Å². The lowest BCUT2D eigenvalue weighted by atomic mass is 10.2. The second-order valence-electron chi connectivity index (χ2n) is 7.31. The van der Waals surface area contributed by atoms with Gasteiger partial charge in [0, 0.05) is 26.3 Å². The van der Waals surface area contributed by atoms with Crippen molar-refractivity contribution < 1.29 is 26.4 Å². The number of methoxy groups -OCH3 is 1.